The Labute approximate surface area is 73.6 Å². The Morgan fingerprint density at radius 2 is 1.92 bits per heavy atom. The second-order valence-corrected chi connectivity index (χ2v) is 3.05. The zero-order chi connectivity index (χ0) is 9.47. The van der Waals surface area contributed by atoms with E-state index < -0.39 is 12.2 Å². The molecule has 1 aromatic carbocycles. The number of alkyl halides is 3. The van der Waals surface area contributed by atoms with Crippen molar-refractivity contribution < 1.29 is 13.2 Å². The van der Waals surface area contributed by atoms with Gasteiger partial charge in [-0.2, -0.15) is 13.2 Å². The van der Waals surface area contributed by atoms with Gasteiger partial charge in [-0.1, -0.05) is 24.3 Å². The van der Waals surface area contributed by atoms with Gasteiger partial charge in [0.1, 0.15) is 6.04 Å². The van der Waals surface area contributed by atoms with Gasteiger partial charge in [-0.25, -0.2) is 0 Å². The fourth-order valence-corrected chi connectivity index (χ4v) is 1.59. The Balaban J connectivity index is 2.39. The number of halogens is 3. The molecular formula is C9H8F3N. The first-order chi connectivity index (χ1) is 6.09. The minimum atomic E-state index is -4.19. The van der Waals surface area contributed by atoms with E-state index in [0.29, 0.717) is 12.1 Å². The maximum atomic E-state index is 12.4. The number of hydrogen-bond acceptors (Lipinski definition) is 1. The zero-order valence-corrected chi connectivity index (χ0v) is 6.73. The number of benzene rings is 1. The molecule has 1 nitrogen and oxygen atoms in total. The molecule has 4 heteroatoms. The number of nitrogens with one attached hydrogen (secondary N) is 1. The first kappa shape index (κ1) is 8.56. The SMILES string of the molecule is FC(F)(F)C1NCc2ccccc21. The van der Waals surface area contributed by atoms with E-state index in [9.17, 15) is 13.2 Å². The normalized spacial score (nSPS) is 21.6. The van der Waals surface area contributed by atoms with E-state index in [1.54, 1.807) is 18.2 Å². The summed E-state index contributed by atoms with van der Waals surface area (Å²) in [5.74, 6) is 0. The van der Waals surface area contributed by atoms with Gasteiger partial charge in [-0.05, 0) is 11.1 Å². The monoisotopic (exact) mass is 187 g/mol. The molecule has 1 aliphatic rings. The molecule has 0 radical (unpaired) electrons. The summed E-state index contributed by atoms with van der Waals surface area (Å²) in [4.78, 5) is 0. The summed E-state index contributed by atoms with van der Waals surface area (Å²) in [7, 11) is 0. The lowest BCUT2D eigenvalue weighted by molar-refractivity contribution is -0.155. The maximum absolute atomic E-state index is 12.4. The largest absolute Gasteiger partial charge is 0.407 e. The fourth-order valence-electron chi connectivity index (χ4n) is 1.59. The first-order valence-corrected chi connectivity index (χ1v) is 3.97. The summed E-state index contributed by atoms with van der Waals surface area (Å²) in [5.41, 5.74) is 1.10. The highest BCUT2D eigenvalue weighted by Gasteiger charge is 2.43. The molecule has 1 aromatic rings. The van der Waals surface area contributed by atoms with E-state index >= 15 is 0 Å². The third kappa shape index (κ3) is 1.42. The number of hydrogen-bond donors (Lipinski definition) is 1. The van der Waals surface area contributed by atoms with Gasteiger partial charge in [0, 0.05) is 6.54 Å². The van der Waals surface area contributed by atoms with Gasteiger partial charge in [0.25, 0.3) is 0 Å². The van der Waals surface area contributed by atoms with E-state index in [4.69, 9.17) is 0 Å². The van der Waals surface area contributed by atoms with Crippen LogP contribution in [0.25, 0.3) is 0 Å². The zero-order valence-electron chi connectivity index (χ0n) is 6.73. The molecular weight excluding hydrogens is 179 g/mol. The predicted octanol–water partition coefficient (Wildman–Crippen LogP) is 2.39. The minimum Gasteiger partial charge on any atom is -0.298 e. The quantitative estimate of drug-likeness (QED) is 0.657. The second-order valence-electron chi connectivity index (χ2n) is 3.05. The Morgan fingerprint density at radius 1 is 1.23 bits per heavy atom. The number of rotatable bonds is 0. The molecule has 1 atom stereocenters. The van der Waals surface area contributed by atoms with Crippen molar-refractivity contribution in [2.75, 3.05) is 0 Å². The van der Waals surface area contributed by atoms with E-state index in [1.807, 2.05) is 0 Å². The van der Waals surface area contributed by atoms with Gasteiger partial charge in [-0.15, -0.1) is 0 Å². The summed E-state index contributed by atoms with van der Waals surface area (Å²) < 4.78 is 37.1. The van der Waals surface area contributed by atoms with E-state index in [-0.39, 0.29) is 0 Å². The van der Waals surface area contributed by atoms with Gasteiger partial charge in [0.2, 0.25) is 0 Å². The van der Waals surface area contributed by atoms with Crippen LogP contribution in [-0.2, 0) is 6.54 Å². The molecule has 0 bridgehead atoms. The van der Waals surface area contributed by atoms with Crippen LogP contribution in [0, 0.1) is 0 Å². The third-order valence-electron chi connectivity index (χ3n) is 2.19. The Hall–Kier alpha value is -1.03. The molecule has 1 aliphatic heterocycles. The van der Waals surface area contributed by atoms with Crippen LogP contribution in [0.1, 0.15) is 17.2 Å². The van der Waals surface area contributed by atoms with Crippen molar-refractivity contribution >= 4 is 0 Å². The molecule has 0 spiro atoms. The smallest absolute Gasteiger partial charge is 0.298 e. The Bertz CT molecular complexity index is 319. The summed E-state index contributed by atoms with van der Waals surface area (Å²) >= 11 is 0. The molecule has 0 fully saturated rings. The highest BCUT2D eigenvalue weighted by atomic mass is 19.4. The van der Waals surface area contributed by atoms with Crippen molar-refractivity contribution in [2.45, 2.75) is 18.8 Å². The van der Waals surface area contributed by atoms with E-state index in [0.717, 1.165) is 5.56 Å². The topological polar surface area (TPSA) is 12.0 Å². The van der Waals surface area contributed by atoms with Crippen molar-refractivity contribution in [1.29, 1.82) is 0 Å². The second kappa shape index (κ2) is 2.73. The van der Waals surface area contributed by atoms with Crippen LogP contribution in [0.3, 0.4) is 0 Å². The van der Waals surface area contributed by atoms with Gasteiger partial charge < -0.3 is 0 Å². The average molecular weight is 187 g/mol. The molecule has 1 unspecified atom stereocenters. The van der Waals surface area contributed by atoms with Crippen molar-refractivity contribution in [3.8, 4) is 0 Å². The molecule has 13 heavy (non-hydrogen) atoms. The van der Waals surface area contributed by atoms with Gasteiger partial charge in [-0.3, -0.25) is 5.32 Å². The molecule has 70 valence electrons. The average Bonchev–Trinajstić information content (AvgIpc) is 2.45. The van der Waals surface area contributed by atoms with E-state index in [2.05, 4.69) is 5.32 Å². The summed E-state index contributed by atoms with van der Waals surface area (Å²) in [6, 6.07) is 5.13. The van der Waals surface area contributed by atoms with Crippen LogP contribution in [0.2, 0.25) is 0 Å². The van der Waals surface area contributed by atoms with E-state index in [1.165, 1.54) is 6.07 Å². The minimum absolute atomic E-state index is 0.306. The molecule has 0 aliphatic carbocycles. The van der Waals surface area contributed by atoms with Gasteiger partial charge >= 0.3 is 6.18 Å². The summed E-state index contributed by atoms with van der Waals surface area (Å²) in [6.45, 7) is 0.306. The lowest BCUT2D eigenvalue weighted by Crippen LogP contribution is -2.28. The van der Waals surface area contributed by atoms with Crippen molar-refractivity contribution in [1.82, 2.24) is 5.32 Å². The Morgan fingerprint density at radius 3 is 2.62 bits per heavy atom. The van der Waals surface area contributed by atoms with Crippen LogP contribution in [0.5, 0.6) is 0 Å². The van der Waals surface area contributed by atoms with Crippen LogP contribution < -0.4 is 5.32 Å². The molecule has 0 saturated carbocycles. The third-order valence-corrected chi connectivity index (χ3v) is 2.19. The number of fused-ring (bicyclic) bond motifs is 1. The molecule has 0 aromatic heterocycles. The predicted molar refractivity (Wildman–Crippen MR) is 42.1 cm³/mol. The van der Waals surface area contributed by atoms with Crippen LogP contribution >= 0.6 is 0 Å². The van der Waals surface area contributed by atoms with Gasteiger partial charge in [0.15, 0.2) is 0 Å². The molecule has 1 N–H and O–H groups in total. The fraction of sp³-hybridized carbons (Fsp3) is 0.333. The van der Waals surface area contributed by atoms with Crippen molar-refractivity contribution in [2.24, 2.45) is 0 Å². The first-order valence-electron chi connectivity index (χ1n) is 3.97. The van der Waals surface area contributed by atoms with Crippen LogP contribution in [0.4, 0.5) is 13.2 Å². The maximum Gasteiger partial charge on any atom is 0.407 e. The molecule has 2 rings (SSSR count). The highest BCUT2D eigenvalue weighted by molar-refractivity contribution is 5.34. The summed E-state index contributed by atoms with van der Waals surface area (Å²) in [5, 5.41) is 2.44. The molecule has 0 amide bonds. The van der Waals surface area contributed by atoms with Crippen LogP contribution in [0.15, 0.2) is 24.3 Å². The lowest BCUT2D eigenvalue weighted by Gasteiger charge is -2.15. The molecule has 1 heterocycles. The molecule has 0 saturated heterocycles. The highest BCUT2D eigenvalue weighted by Crippen LogP contribution is 2.37. The Kier molecular flexibility index (Phi) is 1.80. The standard InChI is InChI=1S/C9H8F3N/c10-9(11,12)8-7-4-2-1-3-6(7)5-13-8/h1-4,8,13H,5H2. The van der Waals surface area contributed by atoms with Crippen molar-refractivity contribution in [3.05, 3.63) is 35.4 Å². The lowest BCUT2D eigenvalue weighted by atomic mass is 10.1. The van der Waals surface area contributed by atoms with Crippen molar-refractivity contribution in [3.63, 3.8) is 0 Å². The van der Waals surface area contributed by atoms with Gasteiger partial charge in [0.05, 0.1) is 0 Å². The van der Waals surface area contributed by atoms with Crippen LogP contribution in [-0.4, -0.2) is 6.18 Å². The summed E-state index contributed by atoms with van der Waals surface area (Å²) in [6.07, 6.45) is -4.19.